The molecule has 1 heterocycles. The standard InChI is InChI=1S/C32H39N5O11/c1-32(2,3)48-31(44)33-18-25(38)34-27(23(29(41)42)17-20-9-6-5-7-10-20)28(40)35(4)19-26(39)36-16-8-11-24(36)30(43)47-22-14-12-21(13-15-22)37(45)46/h5-7,9-10,12-15,23-24,27H,8,11,16-19H2,1-4H3,(H,33,44)(H,34,38)(H,41,42)/t23?,24-,27-/m0/s1. The van der Waals surface area contributed by atoms with E-state index in [0.29, 0.717) is 12.0 Å². The van der Waals surface area contributed by atoms with Crippen LogP contribution in [-0.2, 0) is 35.1 Å². The molecule has 3 atom stereocenters. The van der Waals surface area contributed by atoms with Crippen molar-refractivity contribution in [2.45, 2.75) is 57.7 Å². The lowest BCUT2D eigenvalue weighted by molar-refractivity contribution is -0.384. The maximum atomic E-state index is 13.7. The number of amides is 4. The van der Waals surface area contributed by atoms with E-state index in [4.69, 9.17) is 9.47 Å². The Morgan fingerprint density at radius 3 is 2.29 bits per heavy atom. The molecule has 2 aromatic carbocycles. The lowest BCUT2D eigenvalue weighted by Crippen LogP contribution is -2.57. The van der Waals surface area contributed by atoms with Crippen molar-refractivity contribution in [3.8, 4) is 5.75 Å². The molecule has 0 bridgehead atoms. The summed E-state index contributed by atoms with van der Waals surface area (Å²) in [5, 5.41) is 25.7. The number of alkyl carbamates (subject to hydrolysis) is 1. The minimum atomic E-state index is -1.64. The molecule has 3 rings (SSSR count). The molecule has 1 fully saturated rings. The molecule has 3 N–H and O–H groups in total. The number of nitrogens with one attached hydrogen (secondary N) is 2. The molecule has 258 valence electrons. The van der Waals surface area contributed by atoms with Gasteiger partial charge in [-0.3, -0.25) is 29.3 Å². The lowest BCUT2D eigenvalue weighted by Gasteiger charge is -2.30. The van der Waals surface area contributed by atoms with Gasteiger partial charge in [0.1, 0.15) is 30.0 Å². The maximum Gasteiger partial charge on any atom is 0.408 e. The summed E-state index contributed by atoms with van der Waals surface area (Å²) < 4.78 is 10.5. The third-order valence-electron chi connectivity index (χ3n) is 7.25. The number of likely N-dealkylation sites (N-methyl/N-ethyl adjacent to an activating group) is 1. The van der Waals surface area contributed by atoms with Crippen molar-refractivity contribution in [2.24, 2.45) is 5.92 Å². The number of likely N-dealkylation sites (tertiary alicyclic amines) is 1. The van der Waals surface area contributed by atoms with Gasteiger partial charge in [0.25, 0.3) is 5.69 Å². The second-order valence-corrected chi connectivity index (χ2v) is 12.1. The van der Waals surface area contributed by atoms with E-state index >= 15 is 0 Å². The molecule has 0 aromatic heterocycles. The van der Waals surface area contributed by atoms with Crippen LogP contribution < -0.4 is 15.4 Å². The van der Waals surface area contributed by atoms with E-state index in [2.05, 4.69) is 10.6 Å². The molecule has 16 heteroatoms. The van der Waals surface area contributed by atoms with Crippen LogP contribution in [0.3, 0.4) is 0 Å². The van der Waals surface area contributed by atoms with E-state index in [1.54, 1.807) is 51.1 Å². The molecule has 0 spiro atoms. The van der Waals surface area contributed by atoms with Gasteiger partial charge in [0.05, 0.1) is 17.4 Å². The van der Waals surface area contributed by atoms with Crippen LogP contribution in [0.2, 0.25) is 0 Å². The molecular formula is C32H39N5O11. The molecule has 2 aromatic rings. The van der Waals surface area contributed by atoms with Gasteiger partial charge in [0.15, 0.2) is 0 Å². The van der Waals surface area contributed by atoms with E-state index < -0.39 is 77.4 Å². The first-order valence-corrected chi connectivity index (χ1v) is 15.1. The second-order valence-electron chi connectivity index (χ2n) is 12.1. The van der Waals surface area contributed by atoms with Crippen LogP contribution in [0.15, 0.2) is 54.6 Å². The molecule has 1 saturated heterocycles. The fourth-order valence-electron chi connectivity index (χ4n) is 4.98. The highest BCUT2D eigenvalue weighted by Crippen LogP contribution is 2.23. The van der Waals surface area contributed by atoms with Crippen molar-refractivity contribution >= 4 is 41.4 Å². The highest BCUT2D eigenvalue weighted by atomic mass is 16.6. The van der Waals surface area contributed by atoms with Gasteiger partial charge in [-0.05, 0) is 57.7 Å². The first-order valence-electron chi connectivity index (χ1n) is 15.1. The number of carboxylic acids is 1. The van der Waals surface area contributed by atoms with E-state index in [1.807, 2.05) is 0 Å². The Bertz CT molecular complexity index is 1510. The van der Waals surface area contributed by atoms with E-state index in [-0.39, 0.29) is 30.8 Å². The maximum absolute atomic E-state index is 13.7. The first kappa shape index (κ1) is 36.9. The van der Waals surface area contributed by atoms with Crippen molar-refractivity contribution in [1.82, 2.24) is 20.4 Å². The number of nitrogens with zero attached hydrogens (tertiary/aromatic N) is 3. The fraction of sp³-hybridized carbons (Fsp3) is 0.438. The van der Waals surface area contributed by atoms with Crippen LogP contribution in [0.25, 0.3) is 0 Å². The Hall–Kier alpha value is -5.54. The van der Waals surface area contributed by atoms with Crippen molar-refractivity contribution in [2.75, 3.05) is 26.7 Å². The van der Waals surface area contributed by atoms with Crippen molar-refractivity contribution in [3.63, 3.8) is 0 Å². The average Bonchev–Trinajstić information content (AvgIpc) is 3.52. The van der Waals surface area contributed by atoms with Gasteiger partial charge in [-0.15, -0.1) is 0 Å². The predicted octanol–water partition coefficient (Wildman–Crippen LogP) is 1.90. The summed E-state index contributed by atoms with van der Waals surface area (Å²) >= 11 is 0. The van der Waals surface area contributed by atoms with E-state index in [1.165, 1.54) is 36.2 Å². The molecule has 0 aliphatic carbocycles. The summed E-state index contributed by atoms with van der Waals surface area (Å²) in [4.78, 5) is 89.9. The van der Waals surface area contributed by atoms with Gasteiger partial charge in [-0.1, -0.05) is 30.3 Å². The van der Waals surface area contributed by atoms with E-state index in [0.717, 1.165) is 4.90 Å². The number of carbonyl (C=O) groups is 6. The summed E-state index contributed by atoms with van der Waals surface area (Å²) in [5.74, 6) is -5.94. The van der Waals surface area contributed by atoms with Crippen LogP contribution in [0.5, 0.6) is 5.75 Å². The molecule has 48 heavy (non-hydrogen) atoms. The lowest BCUT2D eigenvalue weighted by atomic mass is 9.91. The fourth-order valence-corrected chi connectivity index (χ4v) is 4.98. The predicted molar refractivity (Wildman–Crippen MR) is 169 cm³/mol. The number of hydrogen-bond acceptors (Lipinski definition) is 10. The summed E-state index contributed by atoms with van der Waals surface area (Å²) in [6.07, 6.45) is -0.298. The van der Waals surface area contributed by atoms with Gasteiger partial charge >= 0.3 is 18.0 Å². The van der Waals surface area contributed by atoms with Crippen LogP contribution in [-0.4, -0.2) is 99.9 Å². The Kier molecular flexibility index (Phi) is 12.6. The number of carboxylic acid groups (broad SMARTS) is 1. The second kappa shape index (κ2) is 16.3. The van der Waals surface area contributed by atoms with E-state index in [9.17, 15) is 44.0 Å². The van der Waals surface area contributed by atoms with Crippen molar-refractivity contribution in [3.05, 3.63) is 70.3 Å². The molecular weight excluding hydrogens is 630 g/mol. The number of carbonyl (C=O) groups excluding carboxylic acids is 5. The number of nitro groups is 1. The summed E-state index contributed by atoms with van der Waals surface area (Å²) in [7, 11) is 1.26. The zero-order chi connectivity index (χ0) is 35.6. The number of hydrogen-bond donors (Lipinski definition) is 3. The Morgan fingerprint density at radius 1 is 1.06 bits per heavy atom. The Balaban J connectivity index is 1.74. The minimum Gasteiger partial charge on any atom is -0.481 e. The average molecular weight is 670 g/mol. The van der Waals surface area contributed by atoms with Gasteiger partial charge in [-0.2, -0.15) is 0 Å². The van der Waals surface area contributed by atoms with Crippen LogP contribution in [0.1, 0.15) is 39.2 Å². The highest BCUT2D eigenvalue weighted by Gasteiger charge is 2.40. The van der Waals surface area contributed by atoms with Gasteiger partial charge in [0, 0.05) is 25.7 Å². The smallest absolute Gasteiger partial charge is 0.408 e. The zero-order valence-corrected chi connectivity index (χ0v) is 27.0. The molecule has 16 nitrogen and oxygen atoms in total. The number of benzene rings is 2. The van der Waals surface area contributed by atoms with Crippen molar-refractivity contribution in [1.29, 1.82) is 0 Å². The molecule has 4 amide bonds. The SMILES string of the molecule is CN(CC(=O)N1CCC[C@H]1C(=O)Oc1ccc([N+](=O)[O-])cc1)C(=O)[C@@H](NC(=O)CNC(=O)OC(C)(C)C)C(Cc1ccccc1)C(=O)O. The summed E-state index contributed by atoms with van der Waals surface area (Å²) in [6, 6.07) is 10.7. The topological polar surface area (TPSA) is 215 Å². The Labute approximate surface area is 276 Å². The number of aliphatic carboxylic acids is 1. The summed E-state index contributed by atoms with van der Waals surface area (Å²) in [5.41, 5.74) is -0.453. The van der Waals surface area contributed by atoms with Gasteiger partial charge in [-0.25, -0.2) is 9.59 Å². The van der Waals surface area contributed by atoms with Crippen molar-refractivity contribution < 1.29 is 48.3 Å². The minimum absolute atomic E-state index is 0.0510. The monoisotopic (exact) mass is 669 g/mol. The molecule has 0 saturated carbocycles. The quantitative estimate of drug-likeness (QED) is 0.121. The Morgan fingerprint density at radius 2 is 1.71 bits per heavy atom. The molecule has 1 aliphatic rings. The van der Waals surface area contributed by atoms with Crippen LogP contribution in [0.4, 0.5) is 10.5 Å². The number of ether oxygens (including phenoxy) is 2. The number of non-ortho nitro benzene ring substituents is 1. The van der Waals surface area contributed by atoms with Crippen LogP contribution >= 0.6 is 0 Å². The number of rotatable bonds is 13. The normalized spacial score (nSPS) is 15.4. The third-order valence-corrected chi connectivity index (χ3v) is 7.25. The largest absolute Gasteiger partial charge is 0.481 e. The summed E-state index contributed by atoms with van der Waals surface area (Å²) in [6.45, 7) is 3.90. The van der Waals surface area contributed by atoms with Gasteiger partial charge in [0.2, 0.25) is 17.7 Å². The zero-order valence-electron chi connectivity index (χ0n) is 27.0. The van der Waals surface area contributed by atoms with Crippen LogP contribution in [0, 0.1) is 16.0 Å². The molecule has 1 unspecified atom stereocenters. The third kappa shape index (κ3) is 10.8. The van der Waals surface area contributed by atoms with Gasteiger partial charge < -0.3 is 35.0 Å². The highest BCUT2D eigenvalue weighted by molar-refractivity contribution is 5.95. The number of esters is 1. The first-order chi connectivity index (χ1) is 22.6. The molecule has 0 radical (unpaired) electrons. The molecule has 1 aliphatic heterocycles. The number of nitro benzene ring substituents is 1.